The van der Waals surface area contributed by atoms with E-state index in [9.17, 15) is 4.79 Å². The summed E-state index contributed by atoms with van der Waals surface area (Å²) >= 11 is 1.40. The molecule has 1 unspecified atom stereocenters. The predicted molar refractivity (Wildman–Crippen MR) is 108 cm³/mol. The van der Waals surface area contributed by atoms with Crippen LogP contribution in [0.5, 0.6) is 0 Å². The molecule has 2 heterocycles. The first-order valence-corrected chi connectivity index (χ1v) is 9.67. The van der Waals surface area contributed by atoms with Gasteiger partial charge < -0.3 is 4.42 Å². The van der Waals surface area contributed by atoms with Crippen LogP contribution in [0.4, 0.5) is 0 Å². The Morgan fingerprint density at radius 1 is 1.26 bits per heavy atom. The van der Waals surface area contributed by atoms with Crippen molar-refractivity contribution in [2.45, 2.75) is 44.6 Å². The molecule has 0 aliphatic carbocycles. The number of rotatable bonds is 7. The molecular weight excluding hydrogens is 358 g/mol. The molecule has 0 spiro atoms. The van der Waals surface area contributed by atoms with Crippen LogP contribution in [0.2, 0.25) is 0 Å². The molecule has 3 aromatic rings. The maximum absolute atomic E-state index is 13.0. The van der Waals surface area contributed by atoms with E-state index >= 15 is 0 Å². The van der Waals surface area contributed by atoms with Crippen molar-refractivity contribution < 1.29 is 9.21 Å². The highest BCUT2D eigenvalue weighted by Crippen LogP contribution is 2.29. The Bertz CT molecular complexity index is 974. The highest BCUT2D eigenvalue weighted by Gasteiger charge is 2.23. The zero-order chi connectivity index (χ0) is 19.6. The summed E-state index contributed by atoms with van der Waals surface area (Å²) in [6.07, 6.45) is 3.38. The second-order valence-electron chi connectivity index (χ2n) is 6.56. The molecule has 0 aliphatic heterocycles. The van der Waals surface area contributed by atoms with E-state index in [-0.39, 0.29) is 11.0 Å². The number of aromatic nitrogens is 3. The van der Waals surface area contributed by atoms with Crippen molar-refractivity contribution in [3.63, 3.8) is 0 Å². The number of furan rings is 1. The van der Waals surface area contributed by atoms with E-state index in [0.717, 1.165) is 16.7 Å². The number of Topliss-reactive ketones (excluding diaryl/α,β-unsaturated/α-hetero) is 1. The normalized spacial score (nSPS) is 12.1. The monoisotopic (exact) mass is 381 g/mol. The fraction of sp³-hybridized carbons (Fsp3) is 0.286. The van der Waals surface area contributed by atoms with Gasteiger partial charge in [-0.1, -0.05) is 23.9 Å². The van der Waals surface area contributed by atoms with E-state index in [4.69, 9.17) is 4.42 Å². The lowest BCUT2D eigenvalue weighted by Gasteiger charge is -2.14. The number of benzene rings is 1. The third-order valence-electron chi connectivity index (χ3n) is 4.53. The average molecular weight is 382 g/mol. The van der Waals surface area contributed by atoms with Crippen molar-refractivity contribution in [1.29, 1.82) is 0 Å². The van der Waals surface area contributed by atoms with Crippen molar-refractivity contribution in [3.05, 3.63) is 65.4 Å². The molecule has 1 aromatic carbocycles. The number of thioether (sulfide) groups is 1. The summed E-state index contributed by atoms with van der Waals surface area (Å²) in [7, 11) is 0. The second-order valence-corrected chi connectivity index (χ2v) is 7.87. The molecular formula is C21H23N3O2S. The van der Waals surface area contributed by atoms with Gasteiger partial charge in [0.05, 0.1) is 11.5 Å². The van der Waals surface area contributed by atoms with Crippen molar-refractivity contribution >= 4 is 17.5 Å². The number of allylic oxidation sites excluding steroid dienone is 1. The minimum absolute atomic E-state index is 0.0910. The van der Waals surface area contributed by atoms with Gasteiger partial charge in [0.25, 0.3) is 0 Å². The number of aryl methyl sites for hydroxylation is 3. The summed E-state index contributed by atoms with van der Waals surface area (Å²) in [6.45, 7) is 12.3. The molecule has 2 aromatic heterocycles. The molecule has 0 bridgehead atoms. The zero-order valence-electron chi connectivity index (χ0n) is 16.0. The van der Waals surface area contributed by atoms with Crippen LogP contribution in [0.1, 0.15) is 34.0 Å². The third-order valence-corrected chi connectivity index (χ3v) is 5.61. The van der Waals surface area contributed by atoms with E-state index in [2.05, 4.69) is 29.8 Å². The van der Waals surface area contributed by atoms with Crippen LogP contribution < -0.4 is 0 Å². The minimum Gasteiger partial charge on any atom is -0.461 e. The number of hydrogen-bond donors (Lipinski definition) is 0. The molecule has 0 N–H and O–H groups in total. The quantitative estimate of drug-likeness (QED) is 0.327. The summed E-state index contributed by atoms with van der Waals surface area (Å²) in [4.78, 5) is 13.0. The molecule has 6 heteroatoms. The summed E-state index contributed by atoms with van der Waals surface area (Å²) < 4.78 is 7.36. The first kappa shape index (κ1) is 19.2. The van der Waals surface area contributed by atoms with Gasteiger partial charge in [0.1, 0.15) is 0 Å². The molecule has 0 saturated carbocycles. The third kappa shape index (κ3) is 3.90. The molecule has 0 amide bonds. The zero-order valence-corrected chi connectivity index (χ0v) is 16.8. The molecule has 27 heavy (non-hydrogen) atoms. The van der Waals surface area contributed by atoms with Crippen LogP contribution >= 0.6 is 11.8 Å². The molecule has 0 saturated heterocycles. The van der Waals surface area contributed by atoms with Crippen molar-refractivity contribution in [2.24, 2.45) is 0 Å². The highest BCUT2D eigenvalue weighted by molar-refractivity contribution is 8.00. The van der Waals surface area contributed by atoms with Gasteiger partial charge >= 0.3 is 0 Å². The molecule has 0 aliphatic rings. The van der Waals surface area contributed by atoms with E-state index in [0.29, 0.717) is 23.3 Å². The van der Waals surface area contributed by atoms with Gasteiger partial charge in [-0.15, -0.1) is 16.8 Å². The molecule has 0 radical (unpaired) electrons. The van der Waals surface area contributed by atoms with Crippen LogP contribution in [-0.4, -0.2) is 25.8 Å². The fourth-order valence-electron chi connectivity index (χ4n) is 2.91. The highest BCUT2D eigenvalue weighted by atomic mass is 32.2. The summed E-state index contributed by atoms with van der Waals surface area (Å²) in [5.74, 6) is 1.36. The van der Waals surface area contributed by atoms with Gasteiger partial charge in [0, 0.05) is 12.1 Å². The van der Waals surface area contributed by atoms with Crippen LogP contribution in [0.25, 0.3) is 11.6 Å². The van der Waals surface area contributed by atoms with Crippen LogP contribution in [0.3, 0.4) is 0 Å². The lowest BCUT2D eigenvalue weighted by molar-refractivity contribution is 0.0993. The Labute approximate surface area is 163 Å². The van der Waals surface area contributed by atoms with Gasteiger partial charge in [-0.3, -0.25) is 9.36 Å². The van der Waals surface area contributed by atoms with E-state index in [1.807, 2.05) is 43.5 Å². The lowest BCUT2D eigenvalue weighted by atomic mass is 9.97. The van der Waals surface area contributed by atoms with Gasteiger partial charge in [0.15, 0.2) is 16.7 Å². The maximum atomic E-state index is 13.0. The van der Waals surface area contributed by atoms with Gasteiger partial charge in [-0.05, 0) is 62.6 Å². The Morgan fingerprint density at radius 3 is 2.67 bits per heavy atom. The van der Waals surface area contributed by atoms with Gasteiger partial charge in [-0.2, -0.15) is 0 Å². The van der Waals surface area contributed by atoms with E-state index in [1.54, 1.807) is 12.3 Å². The Morgan fingerprint density at radius 2 is 2.00 bits per heavy atom. The predicted octanol–water partition coefficient (Wildman–Crippen LogP) is 5.01. The van der Waals surface area contributed by atoms with Gasteiger partial charge in [-0.25, -0.2) is 0 Å². The molecule has 0 fully saturated rings. The number of ketones is 1. The van der Waals surface area contributed by atoms with Crippen LogP contribution in [-0.2, 0) is 6.54 Å². The van der Waals surface area contributed by atoms with E-state index in [1.165, 1.54) is 17.3 Å². The topological polar surface area (TPSA) is 60.9 Å². The van der Waals surface area contributed by atoms with Crippen LogP contribution in [0, 0.1) is 20.8 Å². The van der Waals surface area contributed by atoms with Crippen molar-refractivity contribution in [2.75, 3.05) is 0 Å². The maximum Gasteiger partial charge on any atom is 0.200 e. The summed E-state index contributed by atoms with van der Waals surface area (Å²) in [5.41, 5.74) is 4.08. The van der Waals surface area contributed by atoms with E-state index < -0.39 is 0 Å². The smallest absolute Gasteiger partial charge is 0.200 e. The second kappa shape index (κ2) is 7.96. The summed E-state index contributed by atoms with van der Waals surface area (Å²) in [5, 5.41) is 8.90. The molecule has 140 valence electrons. The fourth-order valence-corrected chi connectivity index (χ4v) is 3.84. The Balaban J connectivity index is 1.88. The average Bonchev–Trinajstić information content (AvgIpc) is 3.28. The SMILES string of the molecule is C=CCn1c(SC(C)C(=O)c2cc(C)c(C)cc2C)nnc1-c1ccco1. The molecule has 5 nitrogen and oxygen atoms in total. The molecule has 1 atom stereocenters. The Kier molecular flexibility index (Phi) is 5.65. The largest absolute Gasteiger partial charge is 0.461 e. The van der Waals surface area contributed by atoms with Crippen molar-refractivity contribution in [3.8, 4) is 11.6 Å². The molecule has 3 rings (SSSR count). The number of carbonyl (C=O) groups excluding carboxylic acids is 1. The lowest BCUT2D eigenvalue weighted by Crippen LogP contribution is -2.16. The summed E-state index contributed by atoms with van der Waals surface area (Å²) in [6, 6.07) is 7.69. The number of hydrogen-bond acceptors (Lipinski definition) is 5. The van der Waals surface area contributed by atoms with Gasteiger partial charge in [0.2, 0.25) is 5.82 Å². The first-order chi connectivity index (χ1) is 12.9. The number of carbonyl (C=O) groups is 1. The van der Waals surface area contributed by atoms with Crippen molar-refractivity contribution in [1.82, 2.24) is 14.8 Å². The minimum atomic E-state index is -0.289. The number of nitrogens with zero attached hydrogens (tertiary/aromatic N) is 3. The standard InChI is InChI=1S/C21H23N3O2S/c1-6-9-24-20(18-8-7-10-26-18)22-23-21(24)27-16(5)19(25)17-12-14(3)13(2)11-15(17)4/h6-8,10-12,16H,1,9H2,2-5H3. The Hall–Kier alpha value is -2.60. The first-order valence-electron chi connectivity index (χ1n) is 8.79. The van der Waals surface area contributed by atoms with Crippen LogP contribution in [0.15, 0.2) is 52.8 Å².